The molecule has 0 saturated heterocycles. The van der Waals surface area contributed by atoms with E-state index in [-0.39, 0.29) is 10.8 Å². The Hall–Kier alpha value is -2.15. The molecular weight excluding hydrogens is 326 g/mol. The lowest BCUT2D eigenvalue weighted by molar-refractivity contribution is 0.569. The van der Waals surface area contributed by atoms with Crippen LogP contribution in [0.4, 0.5) is 0 Å². The zero-order chi connectivity index (χ0) is 20.0. The molecule has 27 heavy (non-hydrogen) atoms. The number of nitrogens with zero attached hydrogens (tertiary/aromatic N) is 1. The summed E-state index contributed by atoms with van der Waals surface area (Å²) in [7, 11) is 0. The standard InChI is InChI=1S/C26H33N/c1-17(2)18-9-10-23-19(13-18)11-12-27-24(23)20-14-21(25(3,4)5)16-22(15-20)26(6,7)8/h9-17H,1-8H3. The van der Waals surface area contributed by atoms with Crippen LogP contribution in [0.5, 0.6) is 0 Å². The molecule has 1 heteroatoms. The number of aromatic nitrogens is 1. The van der Waals surface area contributed by atoms with E-state index in [0.29, 0.717) is 5.92 Å². The molecule has 0 spiro atoms. The average Bonchev–Trinajstić information content (AvgIpc) is 2.58. The van der Waals surface area contributed by atoms with Crippen LogP contribution in [-0.2, 0) is 10.8 Å². The number of benzene rings is 2. The molecule has 0 fully saturated rings. The van der Waals surface area contributed by atoms with E-state index >= 15 is 0 Å². The molecule has 0 amide bonds. The fourth-order valence-corrected chi connectivity index (χ4v) is 3.42. The number of fused-ring (bicyclic) bond motifs is 1. The van der Waals surface area contributed by atoms with Crippen LogP contribution in [0.25, 0.3) is 22.0 Å². The van der Waals surface area contributed by atoms with Gasteiger partial charge in [-0.05, 0) is 57.0 Å². The lowest BCUT2D eigenvalue weighted by atomic mass is 9.79. The second-order valence-corrected chi connectivity index (χ2v) is 10.1. The lowest BCUT2D eigenvalue weighted by Gasteiger charge is -2.26. The summed E-state index contributed by atoms with van der Waals surface area (Å²) in [5.74, 6) is 0.530. The lowest BCUT2D eigenvalue weighted by Crippen LogP contribution is -2.16. The van der Waals surface area contributed by atoms with Gasteiger partial charge in [0.1, 0.15) is 0 Å². The highest BCUT2D eigenvalue weighted by molar-refractivity contribution is 5.95. The molecular formula is C26H33N. The summed E-state index contributed by atoms with van der Waals surface area (Å²) in [4.78, 5) is 4.80. The molecule has 1 aromatic heterocycles. The molecule has 0 aliphatic heterocycles. The first-order valence-electron chi connectivity index (χ1n) is 10.0. The van der Waals surface area contributed by atoms with Crippen LogP contribution in [-0.4, -0.2) is 4.98 Å². The van der Waals surface area contributed by atoms with Crippen LogP contribution in [0.15, 0.2) is 48.7 Å². The average molecular weight is 360 g/mol. The van der Waals surface area contributed by atoms with Gasteiger partial charge in [-0.3, -0.25) is 4.98 Å². The normalized spacial score (nSPS) is 12.8. The first kappa shape index (κ1) is 19.6. The SMILES string of the molecule is CC(C)c1ccc2c(-c3cc(C(C)(C)C)cc(C(C)(C)C)c3)nccc2c1. The quantitative estimate of drug-likeness (QED) is 0.458. The minimum absolute atomic E-state index is 0.103. The smallest absolute Gasteiger partial charge is 0.0780 e. The van der Waals surface area contributed by atoms with Gasteiger partial charge in [-0.2, -0.15) is 0 Å². The third-order valence-electron chi connectivity index (χ3n) is 5.39. The van der Waals surface area contributed by atoms with E-state index in [1.165, 1.54) is 33.0 Å². The Morgan fingerprint density at radius 1 is 0.741 bits per heavy atom. The van der Waals surface area contributed by atoms with Crippen molar-refractivity contribution in [3.8, 4) is 11.3 Å². The largest absolute Gasteiger partial charge is 0.256 e. The molecule has 2 aromatic carbocycles. The molecule has 0 unspecified atom stereocenters. The van der Waals surface area contributed by atoms with Gasteiger partial charge in [-0.1, -0.05) is 79.7 Å². The van der Waals surface area contributed by atoms with Crippen molar-refractivity contribution in [1.82, 2.24) is 4.98 Å². The first-order valence-corrected chi connectivity index (χ1v) is 10.0. The highest BCUT2D eigenvalue weighted by atomic mass is 14.7. The summed E-state index contributed by atoms with van der Waals surface area (Å²) in [6.45, 7) is 18.2. The van der Waals surface area contributed by atoms with Crippen LogP contribution in [0.1, 0.15) is 78.0 Å². The molecule has 0 radical (unpaired) electrons. The number of hydrogen-bond acceptors (Lipinski definition) is 1. The summed E-state index contributed by atoms with van der Waals surface area (Å²) in [6.07, 6.45) is 1.95. The summed E-state index contributed by atoms with van der Waals surface area (Å²) < 4.78 is 0. The van der Waals surface area contributed by atoms with Crippen molar-refractivity contribution in [3.63, 3.8) is 0 Å². The molecule has 0 N–H and O–H groups in total. The third-order valence-corrected chi connectivity index (χ3v) is 5.39. The molecule has 1 nitrogen and oxygen atoms in total. The fraction of sp³-hybridized carbons (Fsp3) is 0.423. The van der Waals surface area contributed by atoms with E-state index in [1.54, 1.807) is 0 Å². The van der Waals surface area contributed by atoms with Gasteiger partial charge in [0.15, 0.2) is 0 Å². The van der Waals surface area contributed by atoms with Crippen molar-refractivity contribution >= 4 is 10.8 Å². The summed E-state index contributed by atoms with van der Waals surface area (Å²) in [5, 5.41) is 2.50. The zero-order valence-electron chi connectivity index (χ0n) is 18.1. The minimum atomic E-state index is 0.103. The molecule has 0 saturated carbocycles. The number of pyridine rings is 1. The first-order chi connectivity index (χ1) is 12.5. The van der Waals surface area contributed by atoms with Gasteiger partial charge < -0.3 is 0 Å². The Labute approximate surface area is 164 Å². The molecule has 0 bridgehead atoms. The van der Waals surface area contributed by atoms with Crippen molar-refractivity contribution < 1.29 is 0 Å². The predicted molar refractivity (Wildman–Crippen MR) is 119 cm³/mol. The van der Waals surface area contributed by atoms with E-state index in [1.807, 2.05) is 6.20 Å². The monoisotopic (exact) mass is 359 g/mol. The van der Waals surface area contributed by atoms with E-state index in [2.05, 4.69) is 97.9 Å². The molecule has 0 atom stereocenters. The maximum Gasteiger partial charge on any atom is 0.0780 e. The molecule has 0 aliphatic carbocycles. The van der Waals surface area contributed by atoms with E-state index in [9.17, 15) is 0 Å². The van der Waals surface area contributed by atoms with Gasteiger partial charge in [0.2, 0.25) is 0 Å². The molecule has 3 rings (SSSR count). The van der Waals surface area contributed by atoms with Crippen LogP contribution in [0.2, 0.25) is 0 Å². The fourth-order valence-electron chi connectivity index (χ4n) is 3.42. The maximum atomic E-state index is 4.80. The zero-order valence-corrected chi connectivity index (χ0v) is 18.1. The topological polar surface area (TPSA) is 12.9 Å². The molecule has 1 heterocycles. The number of hydrogen-bond donors (Lipinski definition) is 0. The second-order valence-electron chi connectivity index (χ2n) is 10.1. The van der Waals surface area contributed by atoms with Crippen LogP contribution in [0.3, 0.4) is 0 Å². The van der Waals surface area contributed by atoms with Gasteiger partial charge in [-0.25, -0.2) is 0 Å². The van der Waals surface area contributed by atoms with Crippen LogP contribution in [0, 0.1) is 0 Å². The van der Waals surface area contributed by atoms with E-state index in [4.69, 9.17) is 4.98 Å². The van der Waals surface area contributed by atoms with Crippen molar-refractivity contribution in [2.45, 2.75) is 72.1 Å². The van der Waals surface area contributed by atoms with Crippen LogP contribution < -0.4 is 0 Å². The molecule has 142 valence electrons. The van der Waals surface area contributed by atoms with Crippen molar-refractivity contribution in [2.24, 2.45) is 0 Å². The summed E-state index contributed by atoms with van der Waals surface area (Å²) in [5.41, 5.74) is 6.61. The Morgan fingerprint density at radius 3 is 1.85 bits per heavy atom. The second kappa shape index (κ2) is 6.78. The Kier molecular flexibility index (Phi) is 4.93. The Morgan fingerprint density at radius 2 is 1.33 bits per heavy atom. The van der Waals surface area contributed by atoms with Crippen molar-refractivity contribution in [2.75, 3.05) is 0 Å². The van der Waals surface area contributed by atoms with Gasteiger partial charge in [0.05, 0.1) is 5.69 Å². The van der Waals surface area contributed by atoms with Crippen LogP contribution >= 0.6 is 0 Å². The Balaban J connectivity index is 2.27. The highest BCUT2D eigenvalue weighted by Crippen LogP contribution is 2.36. The maximum absolute atomic E-state index is 4.80. The third kappa shape index (κ3) is 4.08. The minimum Gasteiger partial charge on any atom is -0.256 e. The van der Waals surface area contributed by atoms with Gasteiger partial charge in [0, 0.05) is 17.1 Å². The van der Waals surface area contributed by atoms with Gasteiger partial charge in [0.25, 0.3) is 0 Å². The van der Waals surface area contributed by atoms with Crippen molar-refractivity contribution in [1.29, 1.82) is 0 Å². The van der Waals surface area contributed by atoms with Gasteiger partial charge >= 0.3 is 0 Å². The summed E-state index contributed by atoms with van der Waals surface area (Å²) >= 11 is 0. The highest BCUT2D eigenvalue weighted by Gasteiger charge is 2.21. The van der Waals surface area contributed by atoms with Gasteiger partial charge in [-0.15, -0.1) is 0 Å². The van der Waals surface area contributed by atoms with Crippen molar-refractivity contribution in [3.05, 3.63) is 65.4 Å². The summed E-state index contributed by atoms with van der Waals surface area (Å²) in [6, 6.07) is 15.9. The molecule has 0 aliphatic rings. The number of rotatable bonds is 2. The van der Waals surface area contributed by atoms with E-state index < -0.39 is 0 Å². The predicted octanol–water partition coefficient (Wildman–Crippen LogP) is 7.62. The van der Waals surface area contributed by atoms with E-state index in [0.717, 1.165) is 5.69 Å². The molecule has 3 aromatic rings. The Bertz CT molecular complexity index is 933.